The van der Waals surface area contributed by atoms with E-state index in [2.05, 4.69) is 27.1 Å². The molecule has 0 amide bonds. The quantitative estimate of drug-likeness (QED) is 0.818. The summed E-state index contributed by atoms with van der Waals surface area (Å²) < 4.78 is 0. The third-order valence-electron chi connectivity index (χ3n) is 3.86. The molecule has 20 heavy (non-hydrogen) atoms. The molecular weight excluding hydrogens is 294 g/mol. The molecule has 0 bridgehead atoms. The van der Waals surface area contributed by atoms with Gasteiger partial charge in [0.2, 0.25) is 0 Å². The molecule has 114 valence electrons. The molecule has 2 rings (SSSR count). The fraction of sp³-hybridized carbons (Fsp3) is 0.786. The Balaban J connectivity index is 2.00. The van der Waals surface area contributed by atoms with E-state index < -0.39 is 0 Å². The maximum Gasteiger partial charge on any atom is 0.110 e. The Kier molecular flexibility index (Phi) is 6.71. The molecule has 2 heterocycles. The highest BCUT2D eigenvalue weighted by Gasteiger charge is 2.24. The summed E-state index contributed by atoms with van der Waals surface area (Å²) in [6.07, 6.45) is 2.24. The fourth-order valence-corrected chi connectivity index (χ4v) is 4.06. The molecule has 1 aromatic rings. The number of rotatable bonds is 6. The van der Waals surface area contributed by atoms with Crippen molar-refractivity contribution in [3.8, 4) is 0 Å². The standard InChI is InChI=1S/C14H24ClN3OS/c1-2-13(14-16-12(10-15)11-20-14)18-5-3-4-17(6-7-18)8-9-19/h11,13,19H,2-10H2,1H3. The van der Waals surface area contributed by atoms with E-state index in [1.807, 2.05) is 0 Å². The highest BCUT2D eigenvalue weighted by atomic mass is 35.5. The van der Waals surface area contributed by atoms with E-state index in [0.29, 0.717) is 11.9 Å². The molecule has 0 saturated carbocycles. The summed E-state index contributed by atoms with van der Waals surface area (Å²) in [4.78, 5) is 9.53. The zero-order valence-electron chi connectivity index (χ0n) is 12.1. The van der Waals surface area contributed by atoms with Crippen LogP contribution in [0.3, 0.4) is 0 Å². The van der Waals surface area contributed by atoms with Gasteiger partial charge in [-0.3, -0.25) is 9.80 Å². The van der Waals surface area contributed by atoms with Gasteiger partial charge < -0.3 is 5.11 Å². The Morgan fingerprint density at radius 1 is 1.40 bits per heavy atom. The SMILES string of the molecule is CCC(c1nc(CCl)cs1)N1CCCN(CCO)CC1. The highest BCUT2D eigenvalue weighted by molar-refractivity contribution is 7.09. The van der Waals surface area contributed by atoms with Gasteiger partial charge in [-0.1, -0.05) is 6.92 Å². The van der Waals surface area contributed by atoms with E-state index in [4.69, 9.17) is 16.7 Å². The summed E-state index contributed by atoms with van der Waals surface area (Å²) >= 11 is 7.58. The van der Waals surface area contributed by atoms with Crippen molar-refractivity contribution in [1.82, 2.24) is 14.8 Å². The van der Waals surface area contributed by atoms with Crippen molar-refractivity contribution in [3.05, 3.63) is 16.1 Å². The molecular formula is C14H24ClN3OS. The molecule has 1 saturated heterocycles. The number of hydrogen-bond acceptors (Lipinski definition) is 5. The molecule has 0 aromatic carbocycles. The van der Waals surface area contributed by atoms with Gasteiger partial charge in [-0.25, -0.2) is 4.98 Å². The van der Waals surface area contributed by atoms with Crippen LogP contribution in [0.15, 0.2) is 5.38 Å². The van der Waals surface area contributed by atoms with Crippen LogP contribution in [0.5, 0.6) is 0 Å². The first-order chi connectivity index (χ1) is 9.78. The van der Waals surface area contributed by atoms with Crippen LogP contribution in [0.4, 0.5) is 0 Å². The van der Waals surface area contributed by atoms with E-state index in [1.165, 1.54) is 5.01 Å². The first-order valence-corrected chi connectivity index (χ1v) is 8.77. The second kappa shape index (κ2) is 8.29. The molecule has 4 nitrogen and oxygen atoms in total. The Bertz CT molecular complexity index is 402. The summed E-state index contributed by atoms with van der Waals surface area (Å²) in [6, 6.07) is 0.408. The highest BCUT2D eigenvalue weighted by Crippen LogP contribution is 2.28. The molecule has 6 heteroatoms. The van der Waals surface area contributed by atoms with Crippen molar-refractivity contribution in [1.29, 1.82) is 0 Å². The predicted molar refractivity (Wildman–Crippen MR) is 84.4 cm³/mol. The Hall–Kier alpha value is -0.200. The van der Waals surface area contributed by atoms with Gasteiger partial charge >= 0.3 is 0 Å². The molecule has 0 radical (unpaired) electrons. The summed E-state index contributed by atoms with van der Waals surface area (Å²) in [5.74, 6) is 0.497. The minimum atomic E-state index is 0.253. The van der Waals surface area contributed by atoms with E-state index in [0.717, 1.165) is 51.3 Å². The lowest BCUT2D eigenvalue weighted by Crippen LogP contribution is -2.34. The van der Waals surface area contributed by atoms with Crippen molar-refractivity contribution in [3.63, 3.8) is 0 Å². The van der Waals surface area contributed by atoms with E-state index in [-0.39, 0.29) is 6.61 Å². The van der Waals surface area contributed by atoms with Crippen LogP contribution in [-0.4, -0.2) is 59.2 Å². The van der Waals surface area contributed by atoms with Crippen LogP contribution < -0.4 is 0 Å². The molecule has 1 fully saturated rings. The van der Waals surface area contributed by atoms with Crippen LogP contribution in [0, 0.1) is 0 Å². The van der Waals surface area contributed by atoms with Crippen LogP contribution in [0.25, 0.3) is 0 Å². The van der Waals surface area contributed by atoms with Crippen LogP contribution in [-0.2, 0) is 5.88 Å². The minimum Gasteiger partial charge on any atom is -0.395 e. The normalized spacial score (nSPS) is 19.9. The van der Waals surface area contributed by atoms with Gasteiger partial charge in [-0.05, 0) is 19.4 Å². The number of aliphatic hydroxyl groups is 1. The molecule has 1 aromatic heterocycles. The van der Waals surface area contributed by atoms with Gasteiger partial charge in [0.15, 0.2) is 0 Å². The average molecular weight is 318 g/mol. The maximum absolute atomic E-state index is 9.06. The van der Waals surface area contributed by atoms with Crippen molar-refractivity contribution in [2.45, 2.75) is 31.7 Å². The van der Waals surface area contributed by atoms with Gasteiger partial charge in [-0.15, -0.1) is 22.9 Å². The largest absolute Gasteiger partial charge is 0.395 e. The van der Waals surface area contributed by atoms with Crippen LogP contribution in [0.2, 0.25) is 0 Å². The smallest absolute Gasteiger partial charge is 0.110 e. The number of thiazole rings is 1. The summed E-state index contributed by atoms with van der Waals surface area (Å²) in [5.41, 5.74) is 0.988. The first kappa shape index (κ1) is 16.2. The number of hydrogen-bond donors (Lipinski definition) is 1. The van der Waals surface area contributed by atoms with E-state index >= 15 is 0 Å². The lowest BCUT2D eigenvalue weighted by Gasteiger charge is -2.28. The number of halogens is 1. The molecule has 0 spiro atoms. The second-order valence-electron chi connectivity index (χ2n) is 5.19. The fourth-order valence-electron chi connectivity index (χ4n) is 2.79. The molecule has 1 aliphatic rings. The van der Waals surface area contributed by atoms with E-state index in [1.54, 1.807) is 11.3 Å². The predicted octanol–water partition coefficient (Wildman–Crippen LogP) is 2.33. The Labute approximate surface area is 130 Å². The Morgan fingerprint density at radius 2 is 2.25 bits per heavy atom. The van der Waals surface area contributed by atoms with Gasteiger partial charge in [0.05, 0.1) is 24.2 Å². The lowest BCUT2D eigenvalue weighted by molar-refractivity contribution is 0.178. The topological polar surface area (TPSA) is 39.6 Å². The molecule has 1 aliphatic heterocycles. The molecule has 0 aliphatic carbocycles. The minimum absolute atomic E-state index is 0.253. The van der Waals surface area contributed by atoms with Gasteiger partial charge in [0.25, 0.3) is 0 Å². The maximum atomic E-state index is 9.06. The number of alkyl halides is 1. The van der Waals surface area contributed by atoms with Gasteiger partial charge in [-0.2, -0.15) is 0 Å². The van der Waals surface area contributed by atoms with Crippen molar-refractivity contribution in [2.24, 2.45) is 0 Å². The summed E-state index contributed by atoms with van der Waals surface area (Å²) in [5, 5.41) is 12.3. The van der Waals surface area contributed by atoms with Crippen molar-refractivity contribution >= 4 is 22.9 Å². The third-order valence-corrected chi connectivity index (χ3v) is 5.13. The summed E-state index contributed by atoms with van der Waals surface area (Å²) in [7, 11) is 0. The van der Waals surface area contributed by atoms with Crippen molar-refractivity contribution in [2.75, 3.05) is 39.3 Å². The monoisotopic (exact) mass is 317 g/mol. The zero-order chi connectivity index (χ0) is 14.4. The lowest BCUT2D eigenvalue weighted by atomic mass is 10.2. The average Bonchev–Trinajstić information content (AvgIpc) is 2.82. The summed E-state index contributed by atoms with van der Waals surface area (Å²) in [6.45, 7) is 7.54. The van der Waals surface area contributed by atoms with Crippen molar-refractivity contribution < 1.29 is 5.11 Å². The van der Waals surface area contributed by atoms with Crippen LogP contribution in [0.1, 0.15) is 36.5 Å². The molecule has 1 N–H and O–H groups in total. The zero-order valence-corrected chi connectivity index (χ0v) is 13.7. The number of aliphatic hydroxyl groups excluding tert-OH is 1. The second-order valence-corrected chi connectivity index (χ2v) is 6.35. The first-order valence-electron chi connectivity index (χ1n) is 7.36. The number of aromatic nitrogens is 1. The molecule has 1 atom stereocenters. The third kappa shape index (κ3) is 4.15. The van der Waals surface area contributed by atoms with Gasteiger partial charge in [0, 0.05) is 31.6 Å². The van der Waals surface area contributed by atoms with Crippen LogP contribution >= 0.6 is 22.9 Å². The van der Waals surface area contributed by atoms with Gasteiger partial charge in [0.1, 0.15) is 5.01 Å². The number of nitrogens with zero attached hydrogens (tertiary/aromatic N) is 3. The number of β-amino-alcohol motifs (C(OH)–C–C–N with tert-alkyl or cyclic N) is 1. The Morgan fingerprint density at radius 3 is 2.90 bits per heavy atom. The van der Waals surface area contributed by atoms with E-state index in [9.17, 15) is 0 Å². The molecule has 1 unspecified atom stereocenters.